The van der Waals surface area contributed by atoms with E-state index in [1.165, 1.54) is 11.1 Å². The molecule has 1 atom stereocenters. The Kier molecular flexibility index (Phi) is 6.03. The Morgan fingerprint density at radius 1 is 1.48 bits per heavy atom. The van der Waals surface area contributed by atoms with Gasteiger partial charge in [0.2, 0.25) is 5.91 Å². The van der Waals surface area contributed by atoms with Crippen molar-refractivity contribution in [1.29, 1.82) is 0 Å². The lowest BCUT2D eigenvalue weighted by molar-refractivity contribution is -0.132. The molecule has 0 saturated carbocycles. The third kappa shape index (κ3) is 4.98. The molecule has 0 radical (unpaired) electrons. The zero-order chi connectivity index (χ0) is 16.7. The van der Waals surface area contributed by atoms with E-state index in [1.54, 1.807) is 25.2 Å². The van der Waals surface area contributed by atoms with Crippen LogP contribution in [0.5, 0.6) is 0 Å². The summed E-state index contributed by atoms with van der Waals surface area (Å²) in [7, 11) is 1.69. The fourth-order valence-electron chi connectivity index (χ4n) is 2.33. The van der Waals surface area contributed by atoms with Crippen LogP contribution in [0, 0.1) is 0 Å². The molecule has 1 aliphatic rings. The predicted octanol–water partition coefficient (Wildman–Crippen LogP) is -1.38. The number of β-amino-alcohol motifs (C(OH)–C–C–N with tert-alkyl or cyclic N) is 1. The molecule has 0 bridgehead atoms. The lowest BCUT2D eigenvalue weighted by Gasteiger charge is -2.30. The number of amides is 2. The molecule has 2 amide bonds. The van der Waals surface area contributed by atoms with Crippen molar-refractivity contribution in [3.8, 4) is 0 Å². The van der Waals surface area contributed by atoms with Crippen LogP contribution < -0.4 is 10.6 Å². The van der Waals surface area contributed by atoms with Crippen LogP contribution in [0.4, 0.5) is 0 Å². The van der Waals surface area contributed by atoms with Crippen LogP contribution in [0.2, 0.25) is 0 Å². The van der Waals surface area contributed by atoms with Crippen molar-refractivity contribution in [2.45, 2.75) is 5.60 Å². The Hall–Kier alpha value is -2.03. The van der Waals surface area contributed by atoms with Crippen LogP contribution in [-0.4, -0.2) is 78.8 Å². The molecule has 2 heterocycles. The number of likely N-dealkylation sites (N-methyl/N-ethyl adjacent to an activating group) is 1. The molecule has 8 heteroatoms. The number of rotatable bonds is 5. The van der Waals surface area contributed by atoms with Crippen molar-refractivity contribution in [3.63, 3.8) is 0 Å². The first-order valence-electron chi connectivity index (χ1n) is 7.46. The van der Waals surface area contributed by atoms with Gasteiger partial charge in [0, 0.05) is 12.7 Å². The molecule has 0 aliphatic carbocycles. The van der Waals surface area contributed by atoms with Gasteiger partial charge in [0.25, 0.3) is 5.91 Å². The quantitative estimate of drug-likeness (QED) is 0.617. The van der Waals surface area contributed by atoms with E-state index in [1.807, 2.05) is 0 Å². The summed E-state index contributed by atoms with van der Waals surface area (Å²) >= 11 is 0. The van der Waals surface area contributed by atoms with Gasteiger partial charge in [-0.25, -0.2) is 0 Å². The van der Waals surface area contributed by atoms with Crippen LogP contribution in [0.25, 0.3) is 0 Å². The van der Waals surface area contributed by atoms with Crippen molar-refractivity contribution in [2.75, 3.05) is 46.4 Å². The minimum atomic E-state index is -1.33. The highest BCUT2D eigenvalue weighted by Gasteiger charge is 2.34. The Balaban J connectivity index is 1.96. The molecule has 1 saturated heterocycles. The maximum absolute atomic E-state index is 12.0. The molecule has 1 aromatic rings. The van der Waals surface area contributed by atoms with E-state index < -0.39 is 5.60 Å². The molecule has 0 unspecified atom stereocenters. The van der Waals surface area contributed by atoms with E-state index in [0.29, 0.717) is 13.2 Å². The van der Waals surface area contributed by atoms with Gasteiger partial charge in [-0.2, -0.15) is 0 Å². The topological polar surface area (TPSA) is 104 Å². The van der Waals surface area contributed by atoms with E-state index in [4.69, 9.17) is 4.74 Å². The minimum Gasteiger partial charge on any atom is -0.384 e. The lowest BCUT2D eigenvalue weighted by Crippen LogP contribution is -2.54. The van der Waals surface area contributed by atoms with Crippen molar-refractivity contribution >= 4 is 11.8 Å². The predicted molar refractivity (Wildman–Crippen MR) is 82.8 cm³/mol. The summed E-state index contributed by atoms with van der Waals surface area (Å²) < 4.78 is 5.38. The second kappa shape index (κ2) is 8.00. The number of aromatic nitrogens is 1. The molecule has 1 aliphatic heterocycles. The highest BCUT2D eigenvalue weighted by Crippen LogP contribution is 2.12. The summed E-state index contributed by atoms with van der Waals surface area (Å²) in [5.74, 6) is -0.496. The molecule has 1 aromatic heterocycles. The lowest BCUT2D eigenvalue weighted by atomic mass is 10.0. The molecule has 1 fully saturated rings. The average Bonchev–Trinajstić information content (AvgIpc) is 2.76. The highest BCUT2D eigenvalue weighted by molar-refractivity contribution is 5.92. The van der Waals surface area contributed by atoms with Gasteiger partial charge in [0.15, 0.2) is 0 Å². The van der Waals surface area contributed by atoms with Crippen LogP contribution in [-0.2, 0) is 9.53 Å². The minimum absolute atomic E-state index is 0.0221. The summed E-state index contributed by atoms with van der Waals surface area (Å²) in [6.07, 6.45) is 1.52. The fraction of sp³-hybridized carbons (Fsp3) is 0.533. The van der Waals surface area contributed by atoms with Gasteiger partial charge in [-0.1, -0.05) is 6.07 Å². The number of aliphatic hydroxyl groups is 1. The summed E-state index contributed by atoms with van der Waals surface area (Å²) in [6.45, 7) is 1.10. The first-order valence-corrected chi connectivity index (χ1v) is 7.46. The molecule has 23 heavy (non-hydrogen) atoms. The van der Waals surface area contributed by atoms with E-state index in [9.17, 15) is 14.7 Å². The first-order chi connectivity index (χ1) is 11.0. The van der Waals surface area contributed by atoms with Gasteiger partial charge in [-0.3, -0.25) is 14.6 Å². The van der Waals surface area contributed by atoms with E-state index in [0.717, 1.165) is 0 Å². The number of pyridine rings is 1. The third-order valence-electron chi connectivity index (χ3n) is 3.52. The number of ether oxygens (including phenoxy) is 1. The summed E-state index contributed by atoms with van der Waals surface area (Å²) in [6, 6.07) is 5.02. The Morgan fingerprint density at radius 3 is 3.00 bits per heavy atom. The molecule has 126 valence electrons. The number of nitrogens with zero attached hydrogens (tertiary/aromatic N) is 2. The van der Waals surface area contributed by atoms with E-state index in [2.05, 4.69) is 15.6 Å². The van der Waals surface area contributed by atoms with Gasteiger partial charge < -0.3 is 25.4 Å². The first kappa shape index (κ1) is 17.3. The second-order valence-electron chi connectivity index (χ2n) is 5.52. The third-order valence-corrected chi connectivity index (χ3v) is 3.52. The number of carbonyl (C=O) groups is 2. The summed E-state index contributed by atoms with van der Waals surface area (Å²) in [5.41, 5.74) is -1.06. The van der Waals surface area contributed by atoms with Crippen molar-refractivity contribution < 1.29 is 19.4 Å². The van der Waals surface area contributed by atoms with Crippen molar-refractivity contribution in [1.82, 2.24) is 20.5 Å². The zero-order valence-corrected chi connectivity index (χ0v) is 13.1. The molecule has 2 rings (SSSR count). The Bertz CT molecular complexity index is 540. The molecule has 0 spiro atoms. The van der Waals surface area contributed by atoms with Gasteiger partial charge in [0.1, 0.15) is 11.3 Å². The van der Waals surface area contributed by atoms with Crippen LogP contribution in [0.1, 0.15) is 10.5 Å². The molecule has 3 N–H and O–H groups in total. The summed E-state index contributed by atoms with van der Waals surface area (Å²) in [4.78, 5) is 29.5. The Labute approximate surface area is 134 Å². The monoisotopic (exact) mass is 322 g/mol. The van der Waals surface area contributed by atoms with Gasteiger partial charge >= 0.3 is 0 Å². The zero-order valence-electron chi connectivity index (χ0n) is 13.1. The number of nitrogens with one attached hydrogen (secondary N) is 2. The highest BCUT2D eigenvalue weighted by atomic mass is 16.5. The van der Waals surface area contributed by atoms with Gasteiger partial charge in [0.05, 0.1) is 32.8 Å². The average molecular weight is 322 g/mol. The molecule has 0 aromatic carbocycles. The normalized spacial score (nSPS) is 21.6. The number of hydrogen-bond acceptors (Lipinski definition) is 6. The second-order valence-corrected chi connectivity index (χ2v) is 5.52. The van der Waals surface area contributed by atoms with E-state index in [-0.39, 0.29) is 43.7 Å². The SMILES string of the molecule is CNCC(=O)N1CCOC[C@](O)(CNC(=O)c2ccccn2)C1. The Morgan fingerprint density at radius 2 is 2.30 bits per heavy atom. The smallest absolute Gasteiger partial charge is 0.269 e. The van der Waals surface area contributed by atoms with Crippen LogP contribution >= 0.6 is 0 Å². The van der Waals surface area contributed by atoms with Crippen LogP contribution in [0.15, 0.2) is 24.4 Å². The molecular formula is C15H22N4O4. The number of carbonyl (C=O) groups excluding carboxylic acids is 2. The standard InChI is InChI=1S/C15H22N4O4/c1-16-8-13(20)19-6-7-23-11-15(22,10-19)9-18-14(21)12-4-2-3-5-17-12/h2-5,16,22H,6-11H2,1H3,(H,18,21)/t15-/m0/s1. The van der Waals surface area contributed by atoms with Gasteiger partial charge in [-0.05, 0) is 19.2 Å². The van der Waals surface area contributed by atoms with Crippen molar-refractivity contribution in [3.05, 3.63) is 30.1 Å². The van der Waals surface area contributed by atoms with Crippen LogP contribution in [0.3, 0.4) is 0 Å². The molecule has 8 nitrogen and oxygen atoms in total. The maximum Gasteiger partial charge on any atom is 0.269 e. The summed E-state index contributed by atoms with van der Waals surface area (Å²) in [5, 5.41) is 16.1. The largest absolute Gasteiger partial charge is 0.384 e. The maximum atomic E-state index is 12.0. The number of hydrogen-bond donors (Lipinski definition) is 3. The fourth-order valence-corrected chi connectivity index (χ4v) is 2.33. The van der Waals surface area contributed by atoms with Gasteiger partial charge in [-0.15, -0.1) is 0 Å². The van der Waals surface area contributed by atoms with Crippen molar-refractivity contribution in [2.24, 2.45) is 0 Å². The van der Waals surface area contributed by atoms with E-state index >= 15 is 0 Å². The molecular weight excluding hydrogens is 300 g/mol.